The van der Waals surface area contributed by atoms with Gasteiger partial charge in [0, 0.05) is 37.6 Å². The Bertz CT molecular complexity index is 2530. The van der Waals surface area contributed by atoms with Gasteiger partial charge in [0.05, 0.1) is 34.9 Å². The predicted octanol–water partition coefficient (Wildman–Crippen LogP) is 8.81. The number of hydrogen-bond donors (Lipinski definition) is 1. The number of amides is 2. The number of carbonyl (C=O) groups is 2. The van der Waals surface area contributed by atoms with Crippen molar-refractivity contribution in [2.45, 2.75) is 97.1 Å². The predicted molar refractivity (Wildman–Crippen MR) is 247 cm³/mol. The third-order valence-electron chi connectivity index (χ3n) is 12.2. The molecule has 4 aromatic carbocycles. The van der Waals surface area contributed by atoms with E-state index in [0.29, 0.717) is 36.6 Å². The Morgan fingerprint density at radius 1 is 0.935 bits per heavy atom. The zero-order valence-corrected chi connectivity index (χ0v) is 38.3. The van der Waals surface area contributed by atoms with Crippen molar-refractivity contribution < 1.29 is 27.9 Å². The number of nitrogens with zero attached hydrogens (tertiary/aromatic N) is 4. The van der Waals surface area contributed by atoms with Crippen molar-refractivity contribution in [3.05, 3.63) is 108 Å². The second-order valence-corrected chi connectivity index (χ2v) is 23.5. The number of hydrogen-bond acceptors (Lipinski definition) is 6. The molecule has 0 bridgehead atoms. The fourth-order valence-electron chi connectivity index (χ4n) is 9.06. The van der Waals surface area contributed by atoms with E-state index in [9.17, 15) is 14.0 Å². The molecule has 1 saturated carbocycles. The number of halogens is 1. The Kier molecular flexibility index (Phi) is 11.9. The zero-order chi connectivity index (χ0) is 44.0. The molecular formula is C50H60FN5O5Si. The first-order valence-electron chi connectivity index (χ1n) is 21.9. The van der Waals surface area contributed by atoms with Crippen molar-refractivity contribution >= 4 is 52.6 Å². The van der Waals surface area contributed by atoms with E-state index in [2.05, 4.69) is 133 Å². The number of fused-ring (bicyclic) bond motifs is 3. The number of imidazole rings is 1. The van der Waals surface area contributed by atoms with Crippen LogP contribution < -0.4 is 20.4 Å². The van der Waals surface area contributed by atoms with Gasteiger partial charge in [-0.25, -0.2) is 14.2 Å². The topological polar surface area (TPSA) is 99.9 Å². The molecule has 8 rings (SSSR count). The summed E-state index contributed by atoms with van der Waals surface area (Å²) in [6.45, 7) is 15.1. The fourth-order valence-corrected chi connectivity index (χ4v) is 13.7. The molecule has 2 aromatic heterocycles. The van der Waals surface area contributed by atoms with Crippen molar-refractivity contribution in [3.8, 4) is 17.3 Å². The molecule has 0 spiro atoms. The molecule has 1 fully saturated rings. The molecule has 1 aliphatic heterocycles. The molecule has 62 heavy (non-hydrogen) atoms. The van der Waals surface area contributed by atoms with Gasteiger partial charge in [-0.1, -0.05) is 93.6 Å². The van der Waals surface area contributed by atoms with Crippen LogP contribution in [0.1, 0.15) is 77.2 Å². The number of nitrogens with one attached hydrogen (secondary N) is 1. The molecule has 1 N–H and O–H groups in total. The average Bonchev–Trinajstić information content (AvgIpc) is 3.90. The Morgan fingerprint density at radius 3 is 2.23 bits per heavy atom. The number of alkyl halides is 1. The Morgan fingerprint density at radius 2 is 1.61 bits per heavy atom. The van der Waals surface area contributed by atoms with Crippen molar-refractivity contribution in [1.29, 1.82) is 0 Å². The summed E-state index contributed by atoms with van der Waals surface area (Å²) in [6, 6.07) is 32.9. The molecule has 2 atom stereocenters. The quantitative estimate of drug-likeness (QED) is 0.110. The zero-order valence-electron chi connectivity index (χ0n) is 37.3. The van der Waals surface area contributed by atoms with E-state index >= 15 is 0 Å². The number of para-hydroxylation sites is 1. The van der Waals surface area contributed by atoms with Crippen LogP contribution in [-0.2, 0) is 29.2 Å². The van der Waals surface area contributed by atoms with Crippen molar-refractivity contribution in [2.75, 3.05) is 26.4 Å². The van der Waals surface area contributed by atoms with E-state index in [-0.39, 0.29) is 23.6 Å². The lowest BCUT2D eigenvalue weighted by atomic mass is 9.97. The monoisotopic (exact) mass is 857 g/mol. The van der Waals surface area contributed by atoms with Crippen LogP contribution >= 0.6 is 0 Å². The Labute approximate surface area is 365 Å². The van der Waals surface area contributed by atoms with Gasteiger partial charge < -0.3 is 33.3 Å². The highest BCUT2D eigenvalue weighted by Crippen LogP contribution is 2.41. The molecule has 6 aromatic rings. The number of aryl methyl sites for hydroxylation is 1. The van der Waals surface area contributed by atoms with Gasteiger partial charge in [-0.05, 0) is 98.1 Å². The van der Waals surface area contributed by atoms with Crippen LogP contribution in [0.2, 0.25) is 5.04 Å². The second-order valence-electron chi connectivity index (χ2n) is 19.2. The van der Waals surface area contributed by atoms with Gasteiger partial charge in [0.1, 0.15) is 24.1 Å². The van der Waals surface area contributed by atoms with Gasteiger partial charge in [-0.15, -0.1) is 0 Å². The summed E-state index contributed by atoms with van der Waals surface area (Å²) in [7, 11) is -0.735. The van der Waals surface area contributed by atoms with E-state index < -0.39 is 32.7 Å². The van der Waals surface area contributed by atoms with Gasteiger partial charge in [0.25, 0.3) is 14.2 Å². The molecule has 0 unspecified atom stereocenters. The van der Waals surface area contributed by atoms with Gasteiger partial charge in [-0.2, -0.15) is 0 Å². The summed E-state index contributed by atoms with van der Waals surface area (Å²) in [4.78, 5) is 33.1. The van der Waals surface area contributed by atoms with Gasteiger partial charge in [0.15, 0.2) is 5.82 Å². The maximum atomic E-state index is 14.1. The molecule has 0 radical (unpaired) electrons. The van der Waals surface area contributed by atoms with Crippen LogP contribution in [0.4, 0.5) is 9.18 Å². The third-order valence-corrected chi connectivity index (χ3v) is 17.2. The van der Waals surface area contributed by atoms with Crippen LogP contribution in [0.5, 0.6) is 5.75 Å². The lowest BCUT2D eigenvalue weighted by molar-refractivity contribution is 0.0466. The SMILES string of the molecule is C[C@@H](CO[Si](c1ccccc1)(c1ccccc1)C(C)(C)C)Oc1cccc2cc(-c3nc4cc5c(cc4n3C)CCN(C[C@@H](CF)NC(=O)OC(C)(C)C)C5=O)n(CC3CC3)c12. The van der Waals surface area contributed by atoms with Crippen LogP contribution in [0.25, 0.3) is 33.5 Å². The number of rotatable bonds is 14. The Balaban J connectivity index is 1.08. The molecular weight excluding hydrogens is 798 g/mol. The van der Waals surface area contributed by atoms with Gasteiger partial charge in [-0.3, -0.25) is 4.79 Å². The summed E-state index contributed by atoms with van der Waals surface area (Å²) < 4.78 is 38.1. The van der Waals surface area contributed by atoms with Crippen LogP contribution in [0, 0.1) is 5.92 Å². The fraction of sp³-hybridized carbons (Fsp3) is 0.420. The highest BCUT2D eigenvalue weighted by Gasteiger charge is 2.50. The molecule has 10 nitrogen and oxygen atoms in total. The molecule has 0 saturated heterocycles. The molecule has 2 aliphatic rings. The number of aromatic nitrogens is 3. The van der Waals surface area contributed by atoms with Crippen LogP contribution in [0.15, 0.2) is 97.1 Å². The number of carbonyl (C=O) groups excluding carboxylic acids is 2. The summed E-state index contributed by atoms with van der Waals surface area (Å²) in [5.74, 6) is 1.97. The maximum Gasteiger partial charge on any atom is 0.408 e. The van der Waals surface area contributed by atoms with Crippen molar-refractivity contribution in [3.63, 3.8) is 0 Å². The molecule has 326 valence electrons. The first-order valence-corrected chi connectivity index (χ1v) is 23.9. The molecule has 3 heterocycles. The smallest absolute Gasteiger partial charge is 0.408 e. The summed E-state index contributed by atoms with van der Waals surface area (Å²) >= 11 is 0. The van der Waals surface area contributed by atoms with Crippen LogP contribution in [-0.4, -0.2) is 83.5 Å². The first kappa shape index (κ1) is 43.2. The van der Waals surface area contributed by atoms with E-state index in [4.69, 9.17) is 18.9 Å². The summed E-state index contributed by atoms with van der Waals surface area (Å²) in [5, 5.41) is 5.97. The third kappa shape index (κ3) is 8.64. The van der Waals surface area contributed by atoms with Crippen molar-refractivity contribution in [1.82, 2.24) is 24.3 Å². The van der Waals surface area contributed by atoms with Gasteiger partial charge in [0.2, 0.25) is 0 Å². The van der Waals surface area contributed by atoms with E-state index in [1.807, 2.05) is 13.1 Å². The highest BCUT2D eigenvalue weighted by atomic mass is 28.4. The lowest BCUT2D eigenvalue weighted by Crippen LogP contribution is -2.67. The first-order chi connectivity index (χ1) is 29.6. The van der Waals surface area contributed by atoms with E-state index in [0.717, 1.165) is 45.8 Å². The van der Waals surface area contributed by atoms with Gasteiger partial charge >= 0.3 is 6.09 Å². The molecule has 2 amide bonds. The normalized spacial score (nSPS) is 15.8. The van der Waals surface area contributed by atoms with E-state index in [1.165, 1.54) is 23.2 Å². The number of ether oxygens (including phenoxy) is 2. The largest absolute Gasteiger partial charge is 0.486 e. The minimum Gasteiger partial charge on any atom is -0.486 e. The summed E-state index contributed by atoms with van der Waals surface area (Å²) in [5.41, 5.74) is 4.41. The number of benzene rings is 4. The van der Waals surface area contributed by atoms with Crippen LogP contribution in [0.3, 0.4) is 0 Å². The maximum absolute atomic E-state index is 14.1. The molecule has 12 heteroatoms. The van der Waals surface area contributed by atoms with E-state index in [1.54, 1.807) is 25.7 Å². The number of alkyl carbamates (subject to hydrolysis) is 1. The summed E-state index contributed by atoms with van der Waals surface area (Å²) in [6.07, 6.45) is 2.00. The Hall–Kier alpha value is -5.46. The second kappa shape index (κ2) is 17.0. The molecule has 1 aliphatic carbocycles. The lowest BCUT2D eigenvalue weighted by Gasteiger charge is -2.43. The minimum atomic E-state index is -2.77. The highest BCUT2D eigenvalue weighted by molar-refractivity contribution is 6.99. The van der Waals surface area contributed by atoms with Crippen molar-refractivity contribution in [2.24, 2.45) is 13.0 Å². The standard InChI is InChI=1S/C50H60FN5O5Si/c1-33(32-59-62(50(5,6)7,38-17-11-9-12-18-38)39-19-13-10-14-20-39)60-44-21-15-16-36-27-43(56(45(36)44)30-34-22-23-34)46-53-41-28-40-35(26-42(41)54(46)8)24-25-55(47(40)57)31-37(29-51)52-48(58)61-49(2,3)4/h9-21,26-28,33-34,37H,22-25,29-32H2,1-8H3,(H,52,58)/t33-,37+/m0/s1. The minimum absolute atomic E-state index is 0.0371. The average molecular weight is 858 g/mol.